The predicted molar refractivity (Wildman–Crippen MR) is 72.8 cm³/mol. The van der Waals surface area contributed by atoms with Crippen LogP contribution in [0.4, 0.5) is 4.79 Å². The second kappa shape index (κ2) is 5.77. The zero-order valence-electron chi connectivity index (χ0n) is 12.1. The molecule has 6 nitrogen and oxygen atoms in total. The number of urea groups is 1. The van der Waals surface area contributed by atoms with Crippen molar-refractivity contribution in [2.75, 3.05) is 46.3 Å². The molecule has 0 saturated carbocycles. The summed E-state index contributed by atoms with van der Waals surface area (Å²) < 4.78 is 0. The molecule has 1 N–H and O–H groups in total. The fraction of sp³-hybridized carbons (Fsp3) is 0.846. The molecule has 0 aromatic heterocycles. The second-order valence-corrected chi connectivity index (χ2v) is 5.78. The van der Waals surface area contributed by atoms with Crippen LogP contribution in [0.5, 0.6) is 0 Å². The molecule has 0 aromatic rings. The fourth-order valence-electron chi connectivity index (χ4n) is 2.78. The number of piperazine rings is 1. The molecule has 2 aliphatic heterocycles. The third kappa shape index (κ3) is 3.18. The van der Waals surface area contributed by atoms with Crippen molar-refractivity contribution in [1.29, 1.82) is 0 Å². The summed E-state index contributed by atoms with van der Waals surface area (Å²) in [5, 5.41) is 2.81. The van der Waals surface area contributed by atoms with Gasteiger partial charge in [-0.05, 0) is 5.92 Å². The number of hydrogen-bond donors (Lipinski definition) is 1. The van der Waals surface area contributed by atoms with E-state index < -0.39 is 0 Å². The Labute approximate surface area is 114 Å². The fourth-order valence-corrected chi connectivity index (χ4v) is 2.78. The molecule has 2 rings (SSSR count). The molecule has 2 fully saturated rings. The van der Waals surface area contributed by atoms with Crippen molar-refractivity contribution in [2.45, 2.75) is 19.9 Å². The summed E-state index contributed by atoms with van der Waals surface area (Å²) in [6.45, 7) is 8.61. The normalized spacial score (nSPS) is 25.4. The molecule has 0 aliphatic carbocycles. The molecule has 2 aliphatic rings. The highest BCUT2D eigenvalue weighted by molar-refractivity contribution is 5.78. The van der Waals surface area contributed by atoms with Gasteiger partial charge < -0.3 is 15.1 Å². The lowest BCUT2D eigenvalue weighted by Gasteiger charge is -2.28. The van der Waals surface area contributed by atoms with E-state index in [1.165, 1.54) is 0 Å². The molecule has 19 heavy (non-hydrogen) atoms. The Morgan fingerprint density at radius 1 is 1.32 bits per heavy atom. The highest BCUT2D eigenvalue weighted by Gasteiger charge is 2.36. The molecule has 0 spiro atoms. The molecule has 1 atom stereocenters. The number of carbonyl (C=O) groups is 2. The third-order valence-electron chi connectivity index (χ3n) is 4.05. The largest absolute Gasteiger partial charge is 0.354 e. The zero-order valence-corrected chi connectivity index (χ0v) is 12.1. The lowest BCUT2D eigenvalue weighted by Crippen LogP contribution is -2.49. The minimum Gasteiger partial charge on any atom is -0.354 e. The minimum atomic E-state index is 0.0798. The Balaban J connectivity index is 1.83. The van der Waals surface area contributed by atoms with Crippen molar-refractivity contribution in [3.63, 3.8) is 0 Å². The van der Waals surface area contributed by atoms with Gasteiger partial charge in [0.05, 0.1) is 12.6 Å². The maximum Gasteiger partial charge on any atom is 0.320 e. The van der Waals surface area contributed by atoms with Crippen LogP contribution >= 0.6 is 0 Å². The van der Waals surface area contributed by atoms with E-state index in [1.54, 1.807) is 0 Å². The van der Waals surface area contributed by atoms with E-state index in [4.69, 9.17) is 0 Å². The monoisotopic (exact) mass is 268 g/mol. The van der Waals surface area contributed by atoms with E-state index in [2.05, 4.69) is 24.1 Å². The predicted octanol–water partition coefficient (Wildman–Crippen LogP) is -0.190. The summed E-state index contributed by atoms with van der Waals surface area (Å²) in [6.07, 6.45) is 0. The van der Waals surface area contributed by atoms with Gasteiger partial charge in [0.15, 0.2) is 0 Å². The van der Waals surface area contributed by atoms with E-state index in [1.807, 2.05) is 16.8 Å². The van der Waals surface area contributed by atoms with Gasteiger partial charge in [-0.15, -0.1) is 0 Å². The Hall–Kier alpha value is -1.30. The van der Waals surface area contributed by atoms with Gasteiger partial charge in [-0.3, -0.25) is 9.69 Å². The van der Waals surface area contributed by atoms with Gasteiger partial charge in [0.25, 0.3) is 0 Å². The SMILES string of the molecule is CC(C)C1CN(CCN2CCNC(=O)C2)C(=O)N1C. The molecule has 0 aromatic carbocycles. The Kier molecular flexibility index (Phi) is 4.29. The van der Waals surface area contributed by atoms with Gasteiger partial charge in [-0.25, -0.2) is 4.79 Å². The molecule has 2 heterocycles. The van der Waals surface area contributed by atoms with Crippen molar-refractivity contribution in [1.82, 2.24) is 20.0 Å². The van der Waals surface area contributed by atoms with Crippen LogP contribution in [-0.2, 0) is 4.79 Å². The van der Waals surface area contributed by atoms with E-state index in [9.17, 15) is 9.59 Å². The average molecular weight is 268 g/mol. The number of rotatable bonds is 4. The van der Waals surface area contributed by atoms with E-state index in [-0.39, 0.29) is 11.9 Å². The van der Waals surface area contributed by atoms with Crippen molar-refractivity contribution in [3.05, 3.63) is 0 Å². The first-order chi connectivity index (χ1) is 8.99. The van der Waals surface area contributed by atoms with Gasteiger partial charge in [0, 0.05) is 39.8 Å². The average Bonchev–Trinajstić information content (AvgIpc) is 2.64. The quantitative estimate of drug-likeness (QED) is 0.769. The molecule has 3 amide bonds. The number of amides is 3. The summed E-state index contributed by atoms with van der Waals surface area (Å²) >= 11 is 0. The first kappa shape index (κ1) is 14.1. The Bertz CT molecular complexity index is 359. The first-order valence-electron chi connectivity index (χ1n) is 7.00. The number of nitrogens with zero attached hydrogens (tertiary/aromatic N) is 3. The van der Waals surface area contributed by atoms with Crippen LogP contribution in [0.3, 0.4) is 0 Å². The van der Waals surface area contributed by atoms with Gasteiger partial charge in [0.1, 0.15) is 0 Å². The van der Waals surface area contributed by atoms with Gasteiger partial charge in [-0.2, -0.15) is 0 Å². The van der Waals surface area contributed by atoms with Crippen LogP contribution in [0.2, 0.25) is 0 Å². The van der Waals surface area contributed by atoms with Crippen LogP contribution < -0.4 is 5.32 Å². The zero-order chi connectivity index (χ0) is 14.0. The van der Waals surface area contributed by atoms with Gasteiger partial charge in [0.2, 0.25) is 5.91 Å². The van der Waals surface area contributed by atoms with Crippen molar-refractivity contribution in [3.8, 4) is 0 Å². The van der Waals surface area contributed by atoms with Crippen molar-refractivity contribution >= 4 is 11.9 Å². The van der Waals surface area contributed by atoms with Crippen LogP contribution in [0.15, 0.2) is 0 Å². The second-order valence-electron chi connectivity index (χ2n) is 5.78. The summed E-state index contributed by atoms with van der Waals surface area (Å²) in [5.41, 5.74) is 0. The molecular weight excluding hydrogens is 244 g/mol. The Morgan fingerprint density at radius 3 is 2.63 bits per heavy atom. The number of nitrogens with one attached hydrogen (secondary N) is 1. The maximum absolute atomic E-state index is 12.1. The van der Waals surface area contributed by atoms with Gasteiger partial charge >= 0.3 is 6.03 Å². The summed E-state index contributed by atoms with van der Waals surface area (Å²) in [7, 11) is 1.88. The van der Waals surface area contributed by atoms with Gasteiger partial charge in [-0.1, -0.05) is 13.8 Å². The molecular formula is C13H24N4O2. The molecule has 1 unspecified atom stereocenters. The summed E-state index contributed by atoms with van der Waals surface area (Å²) in [4.78, 5) is 29.2. The number of hydrogen-bond acceptors (Lipinski definition) is 3. The van der Waals surface area contributed by atoms with E-state index >= 15 is 0 Å². The molecule has 2 saturated heterocycles. The lowest BCUT2D eigenvalue weighted by atomic mass is 10.0. The van der Waals surface area contributed by atoms with Crippen molar-refractivity contribution < 1.29 is 9.59 Å². The van der Waals surface area contributed by atoms with Crippen LogP contribution in [0.25, 0.3) is 0 Å². The molecule has 0 bridgehead atoms. The highest BCUT2D eigenvalue weighted by Crippen LogP contribution is 2.19. The standard InChI is InChI=1S/C13H24N4O2/c1-10(2)11-8-17(13(19)15(11)3)7-6-16-5-4-14-12(18)9-16/h10-11H,4-9H2,1-3H3,(H,14,18). The lowest BCUT2D eigenvalue weighted by molar-refractivity contribution is -0.124. The number of carbonyl (C=O) groups excluding carboxylic acids is 2. The molecule has 108 valence electrons. The number of likely N-dealkylation sites (N-methyl/N-ethyl adjacent to an activating group) is 1. The smallest absolute Gasteiger partial charge is 0.320 e. The summed E-state index contributed by atoms with van der Waals surface area (Å²) in [6, 6.07) is 0.414. The van der Waals surface area contributed by atoms with Crippen LogP contribution in [-0.4, -0.2) is 79.0 Å². The van der Waals surface area contributed by atoms with E-state index in [0.717, 1.165) is 19.6 Å². The summed E-state index contributed by atoms with van der Waals surface area (Å²) in [5.74, 6) is 0.552. The topological polar surface area (TPSA) is 55.9 Å². The molecule has 6 heteroatoms. The maximum atomic E-state index is 12.1. The highest BCUT2D eigenvalue weighted by atomic mass is 16.2. The van der Waals surface area contributed by atoms with Crippen molar-refractivity contribution in [2.24, 2.45) is 5.92 Å². The minimum absolute atomic E-state index is 0.0798. The molecule has 0 radical (unpaired) electrons. The van der Waals surface area contributed by atoms with Crippen LogP contribution in [0, 0.1) is 5.92 Å². The van der Waals surface area contributed by atoms with E-state index in [0.29, 0.717) is 31.6 Å². The Morgan fingerprint density at radius 2 is 2.05 bits per heavy atom. The van der Waals surface area contributed by atoms with Crippen LogP contribution in [0.1, 0.15) is 13.8 Å². The third-order valence-corrected chi connectivity index (χ3v) is 4.05. The first-order valence-corrected chi connectivity index (χ1v) is 7.00.